The third-order valence-corrected chi connectivity index (χ3v) is 4.04. The zero-order valence-electron chi connectivity index (χ0n) is 7.70. The van der Waals surface area contributed by atoms with Gasteiger partial charge in [-0.2, -0.15) is 0 Å². The number of nitrogens with one attached hydrogen (secondary N) is 1. The first-order chi connectivity index (χ1) is 6.99. The van der Waals surface area contributed by atoms with Gasteiger partial charge in [0.15, 0.2) is 0 Å². The molecule has 0 saturated heterocycles. The average molecular weight is 269 g/mol. The molecular weight excluding hydrogens is 259 g/mol. The monoisotopic (exact) mass is 268 g/mol. The van der Waals surface area contributed by atoms with Gasteiger partial charge in [-0.1, -0.05) is 29.3 Å². The number of nitrogens with two attached hydrogens (primary N) is 1. The Kier molecular flexibility index (Phi) is 4.36. The van der Waals surface area contributed by atoms with E-state index in [1.807, 2.05) is 0 Å². The highest BCUT2D eigenvalue weighted by Crippen LogP contribution is 2.28. The molecule has 3 N–H and O–H groups in total. The Bertz CT molecular complexity index is 428. The molecule has 7 heteroatoms. The molecule has 0 fully saturated rings. The lowest BCUT2D eigenvalue weighted by atomic mass is 10.4. The van der Waals surface area contributed by atoms with Crippen molar-refractivity contribution in [2.75, 3.05) is 13.1 Å². The quantitative estimate of drug-likeness (QED) is 0.863. The van der Waals surface area contributed by atoms with Crippen LogP contribution >= 0.6 is 23.2 Å². The summed E-state index contributed by atoms with van der Waals surface area (Å²) in [6.45, 7) is 0.352. The molecule has 0 aromatic heterocycles. The van der Waals surface area contributed by atoms with E-state index in [1.165, 1.54) is 12.1 Å². The first-order valence-electron chi connectivity index (χ1n) is 4.13. The summed E-state index contributed by atoms with van der Waals surface area (Å²) >= 11 is 11.5. The number of hydrogen-bond donors (Lipinski definition) is 2. The standard InChI is InChI=1S/C8H10Cl2N2O2S/c9-6-2-1-3-7(10)8(6)15(13,14)12-5-4-11/h1-3,12H,4-5,11H2. The molecule has 0 aliphatic heterocycles. The van der Waals surface area contributed by atoms with E-state index in [2.05, 4.69) is 4.72 Å². The Labute approximate surface area is 98.4 Å². The van der Waals surface area contributed by atoms with Crippen molar-refractivity contribution in [1.29, 1.82) is 0 Å². The maximum absolute atomic E-state index is 11.7. The van der Waals surface area contributed by atoms with Crippen LogP contribution in [0, 0.1) is 0 Å². The second-order valence-corrected chi connectivity index (χ2v) is 5.26. The van der Waals surface area contributed by atoms with Gasteiger partial charge in [-0.05, 0) is 12.1 Å². The molecule has 0 saturated carbocycles. The molecule has 0 heterocycles. The SMILES string of the molecule is NCCNS(=O)(=O)c1c(Cl)cccc1Cl. The number of halogens is 2. The van der Waals surface area contributed by atoms with Crippen molar-refractivity contribution < 1.29 is 8.42 Å². The van der Waals surface area contributed by atoms with E-state index in [-0.39, 0.29) is 28.0 Å². The van der Waals surface area contributed by atoms with Gasteiger partial charge in [0.1, 0.15) is 4.90 Å². The molecule has 0 aliphatic carbocycles. The summed E-state index contributed by atoms with van der Waals surface area (Å²) in [5, 5.41) is 0.180. The van der Waals surface area contributed by atoms with Crippen LogP contribution in [-0.2, 0) is 10.0 Å². The van der Waals surface area contributed by atoms with Crippen molar-refractivity contribution in [2.45, 2.75) is 4.90 Å². The first kappa shape index (κ1) is 12.7. The summed E-state index contributed by atoms with van der Waals surface area (Å²) in [6, 6.07) is 4.50. The Hall–Kier alpha value is -0.330. The van der Waals surface area contributed by atoms with Gasteiger partial charge in [0.05, 0.1) is 10.0 Å². The molecule has 0 spiro atoms. The fourth-order valence-corrected chi connectivity index (χ4v) is 3.19. The van der Waals surface area contributed by atoms with E-state index in [4.69, 9.17) is 28.9 Å². The topological polar surface area (TPSA) is 72.2 Å². The fraction of sp³-hybridized carbons (Fsp3) is 0.250. The lowest BCUT2D eigenvalue weighted by Gasteiger charge is -2.08. The first-order valence-corrected chi connectivity index (χ1v) is 6.36. The van der Waals surface area contributed by atoms with Crippen molar-refractivity contribution >= 4 is 33.2 Å². The van der Waals surface area contributed by atoms with E-state index in [0.717, 1.165) is 0 Å². The van der Waals surface area contributed by atoms with Gasteiger partial charge in [-0.3, -0.25) is 0 Å². The smallest absolute Gasteiger partial charge is 0.243 e. The Morgan fingerprint density at radius 1 is 1.27 bits per heavy atom. The molecule has 84 valence electrons. The lowest BCUT2D eigenvalue weighted by molar-refractivity contribution is 0.582. The van der Waals surface area contributed by atoms with Crippen LogP contribution in [0.1, 0.15) is 0 Å². The van der Waals surface area contributed by atoms with Gasteiger partial charge < -0.3 is 5.73 Å². The van der Waals surface area contributed by atoms with Crippen LogP contribution in [0.3, 0.4) is 0 Å². The predicted molar refractivity (Wildman–Crippen MR) is 60.7 cm³/mol. The van der Waals surface area contributed by atoms with Crippen LogP contribution in [0.25, 0.3) is 0 Å². The maximum atomic E-state index is 11.7. The lowest BCUT2D eigenvalue weighted by Crippen LogP contribution is -2.29. The second-order valence-electron chi connectivity index (χ2n) is 2.74. The molecule has 1 aromatic rings. The zero-order chi connectivity index (χ0) is 11.5. The van der Waals surface area contributed by atoms with Crippen LogP contribution in [0.5, 0.6) is 0 Å². The molecule has 1 aromatic carbocycles. The highest BCUT2D eigenvalue weighted by Gasteiger charge is 2.20. The van der Waals surface area contributed by atoms with Crippen molar-refractivity contribution in [2.24, 2.45) is 5.73 Å². The highest BCUT2D eigenvalue weighted by molar-refractivity contribution is 7.89. The molecule has 0 amide bonds. The van der Waals surface area contributed by atoms with Crippen molar-refractivity contribution in [3.63, 3.8) is 0 Å². The van der Waals surface area contributed by atoms with E-state index in [1.54, 1.807) is 6.07 Å². The molecule has 0 aliphatic rings. The van der Waals surface area contributed by atoms with Crippen molar-refractivity contribution in [3.8, 4) is 0 Å². The fourth-order valence-electron chi connectivity index (χ4n) is 1.00. The largest absolute Gasteiger partial charge is 0.329 e. The van der Waals surface area contributed by atoms with E-state index < -0.39 is 10.0 Å². The molecule has 0 atom stereocenters. The molecule has 1 rings (SSSR count). The van der Waals surface area contributed by atoms with Crippen LogP contribution in [0.2, 0.25) is 10.0 Å². The van der Waals surface area contributed by atoms with Crippen LogP contribution < -0.4 is 10.5 Å². The third kappa shape index (κ3) is 3.06. The summed E-state index contributed by atoms with van der Waals surface area (Å²) in [7, 11) is -3.68. The predicted octanol–water partition coefficient (Wildman–Crippen LogP) is 1.23. The van der Waals surface area contributed by atoms with E-state index >= 15 is 0 Å². The van der Waals surface area contributed by atoms with Gasteiger partial charge >= 0.3 is 0 Å². The third-order valence-electron chi connectivity index (χ3n) is 1.62. The van der Waals surface area contributed by atoms with E-state index in [9.17, 15) is 8.42 Å². The zero-order valence-corrected chi connectivity index (χ0v) is 10.0. The molecule has 0 radical (unpaired) electrons. The van der Waals surface area contributed by atoms with Crippen LogP contribution in [0.4, 0.5) is 0 Å². The number of rotatable bonds is 4. The Balaban J connectivity index is 3.15. The van der Waals surface area contributed by atoms with Gasteiger partial charge in [-0.15, -0.1) is 0 Å². The minimum atomic E-state index is -3.68. The Morgan fingerprint density at radius 3 is 2.27 bits per heavy atom. The summed E-state index contributed by atoms with van der Waals surface area (Å²) < 4.78 is 25.7. The highest BCUT2D eigenvalue weighted by atomic mass is 35.5. The summed E-state index contributed by atoms with van der Waals surface area (Å²) in [5.74, 6) is 0. The van der Waals surface area contributed by atoms with Crippen LogP contribution in [-0.4, -0.2) is 21.5 Å². The summed E-state index contributed by atoms with van der Waals surface area (Å²) in [6.07, 6.45) is 0. The van der Waals surface area contributed by atoms with Gasteiger partial charge in [0, 0.05) is 13.1 Å². The molecule has 0 unspecified atom stereocenters. The van der Waals surface area contributed by atoms with Crippen molar-refractivity contribution in [3.05, 3.63) is 28.2 Å². The van der Waals surface area contributed by atoms with Gasteiger partial charge in [0.2, 0.25) is 10.0 Å². The van der Waals surface area contributed by atoms with Gasteiger partial charge in [-0.25, -0.2) is 13.1 Å². The van der Waals surface area contributed by atoms with Gasteiger partial charge in [0.25, 0.3) is 0 Å². The minimum absolute atomic E-state index is 0.0898. The maximum Gasteiger partial charge on any atom is 0.243 e. The number of hydrogen-bond acceptors (Lipinski definition) is 3. The molecule has 0 bridgehead atoms. The molecule has 4 nitrogen and oxygen atoms in total. The Morgan fingerprint density at radius 2 is 1.80 bits per heavy atom. The molecular formula is C8H10Cl2N2O2S. The van der Waals surface area contributed by atoms with Crippen LogP contribution in [0.15, 0.2) is 23.1 Å². The summed E-state index contributed by atoms with van der Waals surface area (Å²) in [4.78, 5) is -0.109. The average Bonchev–Trinajstić information content (AvgIpc) is 2.14. The minimum Gasteiger partial charge on any atom is -0.329 e. The molecule has 15 heavy (non-hydrogen) atoms. The second kappa shape index (κ2) is 5.14. The van der Waals surface area contributed by atoms with Crippen molar-refractivity contribution in [1.82, 2.24) is 4.72 Å². The normalized spacial score (nSPS) is 11.7. The number of sulfonamides is 1. The van der Waals surface area contributed by atoms with E-state index in [0.29, 0.717) is 0 Å². The summed E-state index contributed by atoms with van der Waals surface area (Å²) in [5.41, 5.74) is 5.20. The number of benzene rings is 1.